The monoisotopic (exact) mass is 346 g/mol. The first kappa shape index (κ1) is 15.0. The van der Waals surface area contributed by atoms with Gasteiger partial charge in [0.05, 0.1) is 24.3 Å². The maximum absolute atomic E-state index is 13.4. The Balaban J connectivity index is 1.62. The summed E-state index contributed by atoms with van der Waals surface area (Å²) in [6.45, 7) is 0. The fraction of sp³-hybridized carbons (Fsp3) is 0.238. The average Bonchev–Trinajstić information content (AvgIpc) is 3.23. The van der Waals surface area contributed by atoms with Crippen molar-refractivity contribution >= 4 is 17.5 Å². The molecule has 25 heavy (non-hydrogen) atoms. The summed E-state index contributed by atoms with van der Waals surface area (Å²) in [4.78, 5) is 18.9. The molecular weight excluding hydrogens is 328 g/mol. The van der Waals surface area contributed by atoms with E-state index in [1.54, 1.807) is 11.8 Å². The number of fused-ring (bicyclic) bond motifs is 4. The number of thioether (sulfide) groups is 1. The molecule has 2 unspecified atom stereocenters. The molecule has 0 bridgehead atoms. The SMILES string of the molecule is CSc1ccc2c(c1)C(=O)C(C1c3ccccc3-c3cncn31)CC2. The highest BCUT2D eigenvalue weighted by atomic mass is 32.2. The quantitative estimate of drug-likeness (QED) is 0.635. The Morgan fingerprint density at radius 2 is 2.04 bits per heavy atom. The minimum atomic E-state index is -0.0267. The Morgan fingerprint density at radius 1 is 1.16 bits per heavy atom. The molecule has 1 aliphatic carbocycles. The van der Waals surface area contributed by atoms with E-state index in [-0.39, 0.29) is 17.7 Å². The van der Waals surface area contributed by atoms with Gasteiger partial charge in [0.2, 0.25) is 0 Å². The molecule has 4 heteroatoms. The smallest absolute Gasteiger partial charge is 0.168 e. The number of hydrogen-bond acceptors (Lipinski definition) is 3. The van der Waals surface area contributed by atoms with Crippen molar-refractivity contribution in [2.24, 2.45) is 5.92 Å². The van der Waals surface area contributed by atoms with E-state index in [0.29, 0.717) is 0 Å². The number of ketones is 1. The lowest BCUT2D eigenvalue weighted by atomic mass is 9.77. The molecule has 2 heterocycles. The van der Waals surface area contributed by atoms with Crippen LogP contribution in [0.2, 0.25) is 0 Å². The summed E-state index contributed by atoms with van der Waals surface area (Å²) in [5, 5.41) is 0. The Labute approximate surface area is 151 Å². The third-order valence-corrected chi connectivity index (χ3v) is 6.27. The van der Waals surface area contributed by atoms with Crippen molar-refractivity contribution in [2.75, 3.05) is 6.26 Å². The Kier molecular flexibility index (Phi) is 3.35. The molecule has 0 spiro atoms. The molecule has 1 aromatic heterocycles. The zero-order chi connectivity index (χ0) is 17.0. The zero-order valence-corrected chi connectivity index (χ0v) is 14.8. The number of aryl methyl sites for hydroxylation is 1. The third-order valence-electron chi connectivity index (χ3n) is 5.55. The van der Waals surface area contributed by atoms with E-state index in [2.05, 4.69) is 58.3 Å². The van der Waals surface area contributed by atoms with E-state index >= 15 is 0 Å². The second-order valence-corrected chi connectivity index (χ2v) is 7.63. The lowest BCUT2D eigenvalue weighted by Gasteiger charge is -2.30. The van der Waals surface area contributed by atoms with Crippen LogP contribution in [-0.4, -0.2) is 21.6 Å². The number of rotatable bonds is 2. The van der Waals surface area contributed by atoms with Gasteiger partial charge in [0.1, 0.15) is 0 Å². The molecule has 3 aromatic rings. The van der Waals surface area contributed by atoms with Crippen LogP contribution in [0.15, 0.2) is 59.9 Å². The van der Waals surface area contributed by atoms with E-state index in [4.69, 9.17) is 0 Å². The highest BCUT2D eigenvalue weighted by molar-refractivity contribution is 7.98. The van der Waals surface area contributed by atoms with Crippen molar-refractivity contribution < 1.29 is 4.79 Å². The van der Waals surface area contributed by atoms with Gasteiger partial charge in [-0.2, -0.15) is 0 Å². The summed E-state index contributed by atoms with van der Waals surface area (Å²) >= 11 is 1.69. The van der Waals surface area contributed by atoms with Gasteiger partial charge in [0.25, 0.3) is 0 Å². The standard InChI is InChI=1S/C21H18N2OS/c1-25-14-8-6-13-7-9-17(21(24)18(13)10-14)20-16-5-3-2-4-15(16)19-11-22-12-23(19)20/h2-6,8,10-12,17,20H,7,9H2,1H3. The number of carbonyl (C=O) groups excluding carboxylic acids is 1. The second kappa shape index (κ2) is 5.60. The van der Waals surface area contributed by atoms with Gasteiger partial charge in [0.15, 0.2) is 5.78 Å². The number of Topliss-reactive ketones (excluding diaryl/α,β-unsaturated/α-hetero) is 1. The van der Waals surface area contributed by atoms with Crippen molar-refractivity contribution in [2.45, 2.75) is 23.8 Å². The van der Waals surface area contributed by atoms with Crippen LogP contribution in [0.4, 0.5) is 0 Å². The molecule has 0 saturated heterocycles. The van der Waals surface area contributed by atoms with Crippen LogP contribution in [0.3, 0.4) is 0 Å². The first-order chi connectivity index (χ1) is 12.3. The van der Waals surface area contributed by atoms with Crippen molar-refractivity contribution in [1.82, 2.24) is 9.55 Å². The molecule has 2 aromatic carbocycles. The van der Waals surface area contributed by atoms with Gasteiger partial charge in [-0.15, -0.1) is 11.8 Å². The van der Waals surface area contributed by atoms with E-state index in [9.17, 15) is 4.79 Å². The molecule has 2 aliphatic rings. The topological polar surface area (TPSA) is 34.9 Å². The maximum atomic E-state index is 13.4. The molecule has 3 nitrogen and oxygen atoms in total. The molecule has 0 fully saturated rings. The lowest BCUT2D eigenvalue weighted by molar-refractivity contribution is 0.0871. The predicted octanol–water partition coefficient (Wildman–Crippen LogP) is 4.62. The van der Waals surface area contributed by atoms with Crippen LogP contribution >= 0.6 is 11.8 Å². The van der Waals surface area contributed by atoms with Gasteiger partial charge in [-0.3, -0.25) is 4.79 Å². The molecule has 0 radical (unpaired) electrons. The van der Waals surface area contributed by atoms with Gasteiger partial charge < -0.3 is 4.57 Å². The zero-order valence-electron chi connectivity index (χ0n) is 14.0. The van der Waals surface area contributed by atoms with Crippen LogP contribution in [0, 0.1) is 5.92 Å². The molecule has 2 atom stereocenters. The summed E-state index contributed by atoms with van der Waals surface area (Å²) in [6.07, 6.45) is 7.69. The summed E-state index contributed by atoms with van der Waals surface area (Å²) < 4.78 is 2.19. The molecule has 0 amide bonds. The van der Waals surface area contributed by atoms with Gasteiger partial charge in [-0.05, 0) is 42.4 Å². The minimum Gasteiger partial charge on any atom is -0.322 e. The van der Waals surface area contributed by atoms with Crippen LogP contribution < -0.4 is 0 Å². The predicted molar refractivity (Wildman–Crippen MR) is 100 cm³/mol. The minimum absolute atomic E-state index is 0.0267. The van der Waals surface area contributed by atoms with E-state index in [1.807, 2.05) is 12.5 Å². The van der Waals surface area contributed by atoms with Gasteiger partial charge in [-0.25, -0.2) is 4.98 Å². The first-order valence-corrected chi connectivity index (χ1v) is 9.82. The summed E-state index contributed by atoms with van der Waals surface area (Å²) in [7, 11) is 0. The number of benzene rings is 2. The van der Waals surface area contributed by atoms with E-state index in [1.165, 1.54) is 16.7 Å². The fourth-order valence-electron chi connectivity index (χ4n) is 4.36. The normalized spacial score (nSPS) is 20.9. The Bertz CT molecular complexity index is 991. The molecule has 5 rings (SSSR count). The highest BCUT2D eigenvalue weighted by Gasteiger charge is 2.40. The van der Waals surface area contributed by atoms with Crippen molar-refractivity contribution in [3.05, 3.63) is 71.7 Å². The number of hydrogen-bond donors (Lipinski definition) is 0. The van der Waals surface area contributed by atoms with E-state index in [0.717, 1.165) is 29.0 Å². The summed E-state index contributed by atoms with van der Waals surface area (Å²) in [5.41, 5.74) is 5.69. The molecular formula is C21H18N2OS. The van der Waals surface area contributed by atoms with Crippen LogP contribution in [0.25, 0.3) is 11.3 Å². The number of carbonyl (C=O) groups is 1. The molecule has 0 N–H and O–H groups in total. The summed E-state index contributed by atoms with van der Waals surface area (Å²) in [5.74, 6) is 0.250. The van der Waals surface area contributed by atoms with Crippen molar-refractivity contribution in [3.63, 3.8) is 0 Å². The largest absolute Gasteiger partial charge is 0.322 e. The average molecular weight is 346 g/mol. The number of aromatic nitrogens is 2. The number of nitrogens with zero attached hydrogens (tertiary/aromatic N) is 2. The molecule has 0 saturated carbocycles. The molecule has 124 valence electrons. The maximum Gasteiger partial charge on any atom is 0.168 e. The van der Waals surface area contributed by atoms with Crippen molar-refractivity contribution in [3.8, 4) is 11.3 Å². The van der Waals surface area contributed by atoms with Gasteiger partial charge in [-0.1, -0.05) is 30.3 Å². The third kappa shape index (κ3) is 2.13. The fourth-order valence-corrected chi connectivity index (χ4v) is 4.80. The highest BCUT2D eigenvalue weighted by Crippen LogP contribution is 2.46. The van der Waals surface area contributed by atoms with Gasteiger partial charge in [0, 0.05) is 21.9 Å². The lowest BCUT2D eigenvalue weighted by Crippen LogP contribution is -2.30. The Hall–Kier alpha value is -2.33. The van der Waals surface area contributed by atoms with Crippen LogP contribution in [0.5, 0.6) is 0 Å². The van der Waals surface area contributed by atoms with Gasteiger partial charge >= 0.3 is 0 Å². The van der Waals surface area contributed by atoms with Crippen LogP contribution in [-0.2, 0) is 6.42 Å². The van der Waals surface area contributed by atoms with Crippen LogP contribution in [0.1, 0.15) is 33.9 Å². The van der Waals surface area contributed by atoms with E-state index < -0.39 is 0 Å². The number of imidazole rings is 1. The Morgan fingerprint density at radius 3 is 2.92 bits per heavy atom. The second-order valence-electron chi connectivity index (χ2n) is 6.75. The van der Waals surface area contributed by atoms with Crippen molar-refractivity contribution in [1.29, 1.82) is 0 Å². The first-order valence-electron chi connectivity index (χ1n) is 8.60. The summed E-state index contributed by atoms with van der Waals surface area (Å²) in [6, 6.07) is 14.8. The molecule has 1 aliphatic heterocycles.